The largest absolute Gasteiger partial charge is 0.355 e. The lowest BCUT2D eigenvalue weighted by molar-refractivity contribution is 0.901. The summed E-state index contributed by atoms with van der Waals surface area (Å²) in [6.07, 6.45) is 7.61. The van der Waals surface area contributed by atoms with Crippen molar-refractivity contribution in [3.8, 4) is 0 Å². The second kappa shape index (κ2) is 10.0. The monoisotopic (exact) mass is 532 g/mol. The third-order valence-electron chi connectivity index (χ3n) is 8.69. The van der Waals surface area contributed by atoms with E-state index < -0.39 is 0 Å². The van der Waals surface area contributed by atoms with Gasteiger partial charge in [0.05, 0.1) is 22.4 Å². The third kappa shape index (κ3) is 4.50. The molecule has 200 valence electrons. The van der Waals surface area contributed by atoms with Gasteiger partial charge in [-0.05, 0) is 104 Å². The first-order valence-electron chi connectivity index (χ1n) is 14.8. The first-order valence-corrected chi connectivity index (χ1v) is 14.8. The first-order chi connectivity index (χ1) is 20.3. The number of benzene rings is 4. The summed E-state index contributed by atoms with van der Waals surface area (Å²) < 4.78 is 0. The summed E-state index contributed by atoms with van der Waals surface area (Å²) in [5.74, 6) is 0. The van der Waals surface area contributed by atoms with Crippen LogP contribution in [0.25, 0.3) is 21.8 Å². The molecule has 0 unspecified atom stereocenters. The Morgan fingerprint density at radius 2 is 0.927 bits per heavy atom. The van der Waals surface area contributed by atoms with Gasteiger partial charge in [0.25, 0.3) is 0 Å². The molecular formula is C37H32N4. The maximum Gasteiger partial charge on any atom is 0.0726 e. The summed E-state index contributed by atoms with van der Waals surface area (Å²) in [7, 11) is 0. The minimum atomic E-state index is 0.904. The predicted octanol–water partition coefficient (Wildman–Crippen LogP) is 8.84. The molecule has 0 spiro atoms. The van der Waals surface area contributed by atoms with Crippen molar-refractivity contribution in [1.29, 1.82) is 0 Å². The standard InChI is InChI=1S/C37H32N4/c1-3-11-32-28(7-1)36(30-9-5-13-34(30)40-32)38-26-19-15-24(16-20-26)23-25-17-21-27(22-18-25)39-37-29-8-2-4-12-33(29)41-35-14-6-10-31(35)37/h1-4,7-8,11-12,15-22H,5-6,9-10,13-14,23H2,(H,38,40)(H,39,41). The van der Waals surface area contributed by atoms with Gasteiger partial charge in [-0.3, -0.25) is 9.97 Å². The van der Waals surface area contributed by atoms with Crippen LogP contribution in [0.4, 0.5) is 22.7 Å². The molecule has 2 N–H and O–H groups in total. The van der Waals surface area contributed by atoms with Gasteiger partial charge in [-0.25, -0.2) is 0 Å². The van der Waals surface area contributed by atoms with Crippen LogP contribution < -0.4 is 10.6 Å². The minimum absolute atomic E-state index is 0.904. The van der Waals surface area contributed by atoms with Gasteiger partial charge < -0.3 is 10.6 Å². The SMILES string of the molecule is c1ccc2c(Nc3ccc(Cc4ccc(Nc5c6c(nc7ccccc57)CCC6)cc4)cc3)c3c(nc2c1)CCC3. The summed E-state index contributed by atoms with van der Waals surface area (Å²) in [6.45, 7) is 0. The Morgan fingerprint density at radius 3 is 1.39 bits per heavy atom. The average Bonchev–Trinajstić information content (AvgIpc) is 3.68. The van der Waals surface area contributed by atoms with E-state index in [-0.39, 0.29) is 0 Å². The summed E-state index contributed by atoms with van der Waals surface area (Å²) in [5.41, 5.74) is 14.7. The molecular weight excluding hydrogens is 500 g/mol. The quantitative estimate of drug-likeness (QED) is 0.225. The Hall–Kier alpha value is -4.70. The van der Waals surface area contributed by atoms with Crippen LogP contribution in [0.2, 0.25) is 0 Å². The zero-order chi connectivity index (χ0) is 27.2. The van der Waals surface area contributed by atoms with Crippen LogP contribution in [-0.4, -0.2) is 9.97 Å². The summed E-state index contributed by atoms with van der Waals surface area (Å²) in [4.78, 5) is 9.86. The number of rotatable bonds is 6. The van der Waals surface area contributed by atoms with Gasteiger partial charge in [-0.2, -0.15) is 0 Å². The van der Waals surface area contributed by atoms with E-state index >= 15 is 0 Å². The fourth-order valence-corrected chi connectivity index (χ4v) is 6.64. The zero-order valence-corrected chi connectivity index (χ0v) is 23.1. The van der Waals surface area contributed by atoms with Crippen molar-refractivity contribution in [3.05, 3.63) is 131 Å². The van der Waals surface area contributed by atoms with E-state index in [2.05, 4.69) is 108 Å². The molecule has 4 heteroatoms. The molecule has 41 heavy (non-hydrogen) atoms. The molecule has 0 saturated carbocycles. The number of nitrogens with zero attached hydrogens (tertiary/aromatic N) is 2. The number of para-hydroxylation sites is 2. The second-order valence-corrected chi connectivity index (χ2v) is 11.4. The molecule has 0 fully saturated rings. The van der Waals surface area contributed by atoms with E-state index in [0.717, 1.165) is 54.5 Å². The van der Waals surface area contributed by atoms with Crippen LogP contribution in [0.5, 0.6) is 0 Å². The number of nitrogens with one attached hydrogen (secondary N) is 2. The Bertz CT molecular complexity index is 1770. The lowest BCUT2D eigenvalue weighted by Crippen LogP contribution is -2.00. The van der Waals surface area contributed by atoms with Gasteiger partial charge in [0.15, 0.2) is 0 Å². The van der Waals surface area contributed by atoms with Gasteiger partial charge in [-0.1, -0.05) is 60.7 Å². The Kier molecular flexibility index (Phi) is 5.91. The topological polar surface area (TPSA) is 49.8 Å². The molecule has 2 aliphatic carbocycles. The van der Waals surface area contributed by atoms with Crippen LogP contribution in [0, 0.1) is 0 Å². The van der Waals surface area contributed by atoms with Crippen molar-refractivity contribution < 1.29 is 0 Å². The fraction of sp³-hybridized carbons (Fsp3) is 0.189. The van der Waals surface area contributed by atoms with Gasteiger partial charge in [0.1, 0.15) is 0 Å². The lowest BCUT2D eigenvalue weighted by atomic mass is 10.0. The zero-order valence-electron chi connectivity index (χ0n) is 23.1. The van der Waals surface area contributed by atoms with Crippen LogP contribution in [0.3, 0.4) is 0 Å². The summed E-state index contributed by atoms with van der Waals surface area (Å²) >= 11 is 0. The molecule has 4 aromatic carbocycles. The summed E-state index contributed by atoms with van der Waals surface area (Å²) in [6, 6.07) is 34.7. The summed E-state index contributed by atoms with van der Waals surface area (Å²) in [5, 5.41) is 9.90. The molecule has 6 aromatic rings. The van der Waals surface area contributed by atoms with Gasteiger partial charge in [0, 0.05) is 33.5 Å². The first kappa shape index (κ1) is 24.1. The molecule has 2 heterocycles. The maximum atomic E-state index is 4.93. The van der Waals surface area contributed by atoms with Crippen molar-refractivity contribution in [1.82, 2.24) is 9.97 Å². The molecule has 0 atom stereocenters. The highest BCUT2D eigenvalue weighted by Crippen LogP contribution is 2.37. The van der Waals surface area contributed by atoms with Crippen molar-refractivity contribution in [2.45, 2.75) is 44.9 Å². The molecule has 0 radical (unpaired) electrons. The van der Waals surface area contributed by atoms with Gasteiger partial charge in [-0.15, -0.1) is 0 Å². The number of anilines is 4. The fourth-order valence-electron chi connectivity index (χ4n) is 6.64. The van der Waals surface area contributed by atoms with Crippen LogP contribution >= 0.6 is 0 Å². The van der Waals surface area contributed by atoms with Crippen LogP contribution in [0.15, 0.2) is 97.1 Å². The normalized spacial score (nSPS) is 13.9. The molecule has 0 bridgehead atoms. The molecule has 4 nitrogen and oxygen atoms in total. The Labute approximate surface area is 240 Å². The molecule has 8 rings (SSSR count). The number of hydrogen-bond acceptors (Lipinski definition) is 4. The number of aromatic nitrogens is 2. The molecule has 2 aliphatic rings. The number of hydrogen-bond donors (Lipinski definition) is 2. The average molecular weight is 533 g/mol. The van der Waals surface area contributed by atoms with E-state index in [1.807, 2.05) is 0 Å². The predicted molar refractivity (Wildman–Crippen MR) is 170 cm³/mol. The number of pyridine rings is 2. The maximum absolute atomic E-state index is 4.93. The van der Waals surface area contributed by atoms with Gasteiger partial charge in [0.2, 0.25) is 0 Å². The molecule has 0 amide bonds. The minimum Gasteiger partial charge on any atom is -0.355 e. The lowest BCUT2D eigenvalue weighted by Gasteiger charge is -2.15. The van der Waals surface area contributed by atoms with Crippen molar-refractivity contribution in [3.63, 3.8) is 0 Å². The molecule has 0 saturated heterocycles. The van der Waals surface area contributed by atoms with E-state index in [4.69, 9.17) is 9.97 Å². The Morgan fingerprint density at radius 1 is 0.488 bits per heavy atom. The van der Waals surface area contributed by atoms with E-state index in [0.29, 0.717) is 0 Å². The van der Waals surface area contributed by atoms with Crippen molar-refractivity contribution in [2.24, 2.45) is 0 Å². The Balaban J connectivity index is 0.998. The van der Waals surface area contributed by atoms with Crippen LogP contribution in [-0.2, 0) is 32.1 Å². The highest BCUT2D eigenvalue weighted by atomic mass is 14.9. The van der Waals surface area contributed by atoms with E-state index in [1.165, 1.54) is 68.6 Å². The van der Waals surface area contributed by atoms with Crippen LogP contribution in [0.1, 0.15) is 46.5 Å². The highest BCUT2D eigenvalue weighted by molar-refractivity contribution is 5.96. The number of fused-ring (bicyclic) bond motifs is 4. The third-order valence-corrected chi connectivity index (χ3v) is 8.69. The van der Waals surface area contributed by atoms with Crippen molar-refractivity contribution in [2.75, 3.05) is 10.6 Å². The molecule has 0 aliphatic heterocycles. The smallest absolute Gasteiger partial charge is 0.0726 e. The number of aryl methyl sites for hydroxylation is 2. The van der Waals surface area contributed by atoms with E-state index in [9.17, 15) is 0 Å². The van der Waals surface area contributed by atoms with Gasteiger partial charge >= 0.3 is 0 Å². The van der Waals surface area contributed by atoms with E-state index in [1.54, 1.807) is 0 Å². The second-order valence-electron chi connectivity index (χ2n) is 11.4. The highest BCUT2D eigenvalue weighted by Gasteiger charge is 2.21. The molecule has 2 aromatic heterocycles. The van der Waals surface area contributed by atoms with Crippen molar-refractivity contribution >= 4 is 44.6 Å².